The summed E-state index contributed by atoms with van der Waals surface area (Å²) in [6.07, 6.45) is 2.81. The van der Waals surface area contributed by atoms with E-state index in [-0.39, 0.29) is 0 Å². The van der Waals surface area contributed by atoms with Crippen molar-refractivity contribution in [2.45, 2.75) is 32.4 Å². The fourth-order valence-electron chi connectivity index (χ4n) is 2.23. The third-order valence-electron chi connectivity index (χ3n) is 3.69. The van der Waals surface area contributed by atoms with Gasteiger partial charge in [-0.2, -0.15) is 0 Å². The number of aromatic nitrogens is 1. The molecule has 96 valence electrons. The van der Waals surface area contributed by atoms with Crippen LogP contribution in [0, 0.1) is 5.92 Å². The van der Waals surface area contributed by atoms with Crippen molar-refractivity contribution >= 4 is 22.7 Å². The van der Waals surface area contributed by atoms with Crippen LogP contribution in [0.15, 0.2) is 22.9 Å². The second-order valence-corrected chi connectivity index (χ2v) is 6.92. The summed E-state index contributed by atoms with van der Waals surface area (Å²) in [6.45, 7) is 3.31. The van der Waals surface area contributed by atoms with E-state index >= 15 is 0 Å². The first-order valence-corrected chi connectivity index (χ1v) is 8.18. The molecule has 2 nitrogen and oxygen atoms in total. The van der Waals surface area contributed by atoms with E-state index in [2.05, 4.69) is 41.8 Å². The largest absolute Gasteiger partial charge is 0.298 e. The number of thiazole rings is 1. The standard InChI is InChI=1S/C14H18N2S2/c1-10(11-5-6-11)16(2)8-12-9-18-14(15-12)13-4-3-7-17-13/h3-4,7,9-11H,5-6,8H2,1-2H3. The summed E-state index contributed by atoms with van der Waals surface area (Å²) in [4.78, 5) is 8.46. The Kier molecular flexibility index (Phi) is 3.50. The van der Waals surface area contributed by atoms with Crippen LogP contribution in [0.1, 0.15) is 25.5 Å². The van der Waals surface area contributed by atoms with Gasteiger partial charge in [-0.25, -0.2) is 4.98 Å². The lowest BCUT2D eigenvalue weighted by atomic mass is 10.2. The highest BCUT2D eigenvalue weighted by molar-refractivity contribution is 7.20. The predicted octanol–water partition coefficient (Wildman–Crippen LogP) is 4.10. The lowest BCUT2D eigenvalue weighted by molar-refractivity contribution is 0.224. The minimum absolute atomic E-state index is 0.692. The van der Waals surface area contributed by atoms with Gasteiger partial charge in [-0.3, -0.25) is 4.90 Å². The van der Waals surface area contributed by atoms with Gasteiger partial charge in [0.25, 0.3) is 0 Å². The second-order valence-electron chi connectivity index (χ2n) is 5.11. The van der Waals surface area contributed by atoms with E-state index in [0.717, 1.165) is 17.5 Å². The van der Waals surface area contributed by atoms with E-state index in [1.165, 1.54) is 23.4 Å². The van der Waals surface area contributed by atoms with Crippen molar-refractivity contribution in [3.8, 4) is 9.88 Å². The molecule has 2 aromatic rings. The molecule has 0 radical (unpaired) electrons. The highest BCUT2D eigenvalue weighted by Crippen LogP contribution is 2.35. The molecule has 0 saturated heterocycles. The topological polar surface area (TPSA) is 16.1 Å². The number of thiophene rings is 1. The van der Waals surface area contributed by atoms with Crippen molar-refractivity contribution in [1.29, 1.82) is 0 Å². The molecule has 0 aliphatic heterocycles. The first-order chi connectivity index (χ1) is 8.74. The molecule has 1 saturated carbocycles. The lowest BCUT2D eigenvalue weighted by Gasteiger charge is -2.23. The van der Waals surface area contributed by atoms with Crippen LogP contribution in [0.25, 0.3) is 9.88 Å². The van der Waals surface area contributed by atoms with Crippen LogP contribution in [0.5, 0.6) is 0 Å². The number of nitrogens with zero attached hydrogens (tertiary/aromatic N) is 2. The molecule has 1 aliphatic carbocycles. The van der Waals surface area contributed by atoms with Gasteiger partial charge in [0, 0.05) is 18.0 Å². The second kappa shape index (κ2) is 5.11. The highest BCUT2D eigenvalue weighted by atomic mass is 32.1. The maximum atomic E-state index is 4.74. The zero-order valence-corrected chi connectivity index (χ0v) is 12.4. The molecule has 0 amide bonds. The van der Waals surface area contributed by atoms with Gasteiger partial charge in [-0.05, 0) is 44.2 Å². The molecule has 2 heterocycles. The van der Waals surface area contributed by atoms with E-state index < -0.39 is 0 Å². The predicted molar refractivity (Wildman–Crippen MR) is 79.1 cm³/mol. The summed E-state index contributed by atoms with van der Waals surface area (Å²) in [5, 5.41) is 5.47. The van der Waals surface area contributed by atoms with Gasteiger partial charge in [0.2, 0.25) is 0 Å². The molecule has 1 unspecified atom stereocenters. The molecular formula is C14H18N2S2. The van der Waals surface area contributed by atoms with Crippen LogP contribution in [-0.2, 0) is 6.54 Å². The average Bonchev–Trinajstić information content (AvgIpc) is 2.89. The van der Waals surface area contributed by atoms with Gasteiger partial charge in [-0.15, -0.1) is 22.7 Å². The van der Waals surface area contributed by atoms with Gasteiger partial charge < -0.3 is 0 Å². The molecule has 18 heavy (non-hydrogen) atoms. The molecule has 2 aromatic heterocycles. The van der Waals surface area contributed by atoms with E-state index in [9.17, 15) is 0 Å². The number of hydrogen-bond acceptors (Lipinski definition) is 4. The van der Waals surface area contributed by atoms with Gasteiger partial charge in [0.15, 0.2) is 0 Å². The number of hydrogen-bond donors (Lipinski definition) is 0. The van der Waals surface area contributed by atoms with Gasteiger partial charge in [0.05, 0.1) is 10.6 Å². The molecular weight excluding hydrogens is 260 g/mol. The normalized spacial score (nSPS) is 17.3. The van der Waals surface area contributed by atoms with Crippen molar-refractivity contribution < 1.29 is 0 Å². The Hall–Kier alpha value is -0.710. The summed E-state index contributed by atoms with van der Waals surface area (Å²) in [5.41, 5.74) is 1.21. The zero-order chi connectivity index (χ0) is 12.5. The maximum absolute atomic E-state index is 4.74. The number of rotatable bonds is 5. The third kappa shape index (κ3) is 2.66. The molecule has 0 bridgehead atoms. The monoisotopic (exact) mass is 278 g/mol. The Morgan fingerprint density at radius 2 is 2.28 bits per heavy atom. The van der Waals surface area contributed by atoms with Gasteiger partial charge >= 0.3 is 0 Å². The van der Waals surface area contributed by atoms with Crippen molar-refractivity contribution in [3.05, 3.63) is 28.6 Å². The molecule has 3 rings (SSSR count). The van der Waals surface area contributed by atoms with Gasteiger partial charge in [0.1, 0.15) is 5.01 Å². The van der Waals surface area contributed by atoms with Crippen LogP contribution >= 0.6 is 22.7 Å². The van der Waals surface area contributed by atoms with Crippen molar-refractivity contribution in [2.75, 3.05) is 7.05 Å². The Labute approximate surface area is 116 Å². The van der Waals surface area contributed by atoms with E-state index in [0.29, 0.717) is 6.04 Å². The van der Waals surface area contributed by atoms with Crippen LogP contribution in [0.4, 0.5) is 0 Å². The Balaban J connectivity index is 1.66. The minimum Gasteiger partial charge on any atom is -0.298 e. The average molecular weight is 278 g/mol. The minimum atomic E-state index is 0.692. The molecule has 0 aromatic carbocycles. The maximum Gasteiger partial charge on any atom is 0.133 e. The first kappa shape index (κ1) is 12.3. The molecule has 0 spiro atoms. The Morgan fingerprint density at radius 1 is 1.44 bits per heavy atom. The van der Waals surface area contributed by atoms with E-state index in [1.807, 2.05) is 0 Å². The molecule has 0 N–H and O–H groups in total. The smallest absolute Gasteiger partial charge is 0.133 e. The van der Waals surface area contributed by atoms with Crippen molar-refractivity contribution in [3.63, 3.8) is 0 Å². The molecule has 1 aliphatic rings. The van der Waals surface area contributed by atoms with Crippen LogP contribution in [0.2, 0.25) is 0 Å². The summed E-state index contributed by atoms with van der Waals surface area (Å²) in [7, 11) is 2.22. The quantitative estimate of drug-likeness (QED) is 0.818. The van der Waals surface area contributed by atoms with Crippen LogP contribution < -0.4 is 0 Å². The summed E-state index contributed by atoms with van der Waals surface area (Å²) in [6, 6.07) is 4.92. The van der Waals surface area contributed by atoms with Crippen LogP contribution in [0.3, 0.4) is 0 Å². The van der Waals surface area contributed by atoms with Crippen molar-refractivity contribution in [1.82, 2.24) is 9.88 Å². The zero-order valence-electron chi connectivity index (χ0n) is 10.8. The highest BCUT2D eigenvalue weighted by Gasteiger charge is 2.30. The fourth-order valence-corrected chi connectivity index (χ4v) is 3.86. The third-order valence-corrected chi connectivity index (χ3v) is 5.62. The Morgan fingerprint density at radius 3 is 2.94 bits per heavy atom. The fraction of sp³-hybridized carbons (Fsp3) is 0.500. The van der Waals surface area contributed by atoms with Crippen LogP contribution in [-0.4, -0.2) is 23.0 Å². The van der Waals surface area contributed by atoms with E-state index in [4.69, 9.17) is 4.98 Å². The lowest BCUT2D eigenvalue weighted by Crippen LogP contribution is -2.30. The van der Waals surface area contributed by atoms with Gasteiger partial charge in [-0.1, -0.05) is 6.07 Å². The Bertz CT molecular complexity index is 500. The SMILES string of the molecule is CC(C1CC1)N(C)Cc1csc(-c2cccs2)n1. The molecule has 1 atom stereocenters. The summed E-state index contributed by atoms with van der Waals surface area (Å²) >= 11 is 3.52. The summed E-state index contributed by atoms with van der Waals surface area (Å²) < 4.78 is 0. The van der Waals surface area contributed by atoms with E-state index in [1.54, 1.807) is 22.7 Å². The first-order valence-electron chi connectivity index (χ1n) is 6.42. The van der Waals surface area contributed by atoms with Crippen molar-refractivity contribution in [2.24, 2.45) is 5.92 Å². The molecule has 4 heteroatoms. The summed E-state index contributed by atoms with van der Waals surface area (Å²) in [5.74, 6) is 0.922. The molecule has 1 fully saturated rings.